The van der Waals surface area contributed by atoms with Crippen molar-refractivity contribution in [2.45, 2.75) is 38.5 Å². The van der Waals surface area contributed by atoms with E-state index in [-0.39, 0.29) is 43.5 Å². The molecule has 0 radical (unpaired) electrons. The van der Waals surface area contributed by atoms with Gasteiger partial charge in [0.05, 0.1) is 18.2 Å². The van der Waals surface area contributed by atoms with Crippen LogP contribution in [0.3, 0.4) is 0 Å². The Balaban J connectivity index is -0.000000720. The van der Waals surface area contributed by atoms with Crippen molar-refractivity contribution in [3.05, 3.63) is 0 Å². The fourth-order valence-electron chi connectivity index (χ4n) is 0.640. The fourth-order valence-corrected chi connectivity index (χ4v) is 0.921. The van der Waals surface area contributed by atoms with Gasteiger partial charge in [0.25, 0.3) is 0 Å². The molecule has 0 aliphatic carbocycles. The summed E-state index contributed by atoms with van der Waals surface area (Å²) in [6, 6.07) is 0. The van der Waals surface area contributed by atoms with Crippen LogP contribution in [-0.4, -0.2) is 28.8 Å². The molecule has 1 N–H and O–H groups in total. The summed E-state index contributed by atoms with van der Waals surface area (Å²) in [5, 5.41) is 8.40. The predicted octanol–water partition coefficient (Wildman–Crippen LogP) is -1.84. The summed E-state index contributed by atoms with van der Waals surface area (Å²) in [5.74, 6) is -1.47. The molecule has 78 valence electrons. The molecule has 0 fully saturated rings. The van der Waals surface area contributed by atoms with E-state index in [9.17, 15) is 9.59 Å². The molecule has 3 atom stereocenters. The quantitative estimate of drug-likeness (QED) is 0.342. The van der Waals surface area contributed by atoms with Crippen LogP contribution in [0.1, 0.15) is 28.1 Å². The molecule has 0 aliphatic rings. The second kappa shape index (κ2) is 8.66. The average molecular weight is 230 g/mol. The maximum absolute atomic E-state index is 11.1. The number of carbonyl (C=O) groups is 2. The SMILES string of the molecule is CCC(C)OC(=O)C(P)CC(=O)O.[H-].[Na+]. The molecule has 0 aromatic heterocycles. The number of hydrogen-bond acceptors (Lipinski definition) is 3. The second-order valence-electron chi connectivity index (χ2n) is 2.86. The Kier molecular flexibility index (Phi) is 10.4. The molecule has 0 aromatic rings. The Morgan fingerprint density at radius 3 is 2.43 bits per heavy atom. The maximum Gasteiger partial charge on any atom is 1.00 e. The topological polar surface area (TPSA) is 63.6 Å². The van der Waals surface area contributed by atoms with Crippen molar-refractivity contribution in [1.29, 1.82) is 0 Å². The summed E-state index contributed by atoms with van der Waals surface area (Å²) < 4.78 is 4.94. The summed E-state index contributed by atoms with van der Waals surface area (Å²) in [4.78, 5) is 21.4. The predicted molar refractivity (Wildman–Crippen MR) is 52.7 cm³/mol. The normalized spacial score (nSPS) is 13.6. The van der Waals surface area contributed by atoms with E-state index in [1.54, 1.807) is 6.92 Å². The van der Waals surface area contributed by atoms with Gasteiger partial charge in [-0.3, -0.25) is 9.59 Å². The van der Waals surface area contributed by atoms with Crippen LogP contribution < -0.4 is 29.6 Å². The van der Waals surface area contributed by atoms with Crippen LogP contribution in [0.4, 0.5) is 0 Å². The largest absolute Gasteiger partial charge is 1.00 e. The molecule has 6 heteroatoms. The van der Waals surface area contributed by atoms with E-state index in [4.69, 9.17) is 9.84 Å². The maximum atomic E-state index is 11.1. The van der Waals surface area contributed by atoms with Gasteiger partial charge in [0, 0.05) is 0 Å². The number of aliphatic carboxylic acids is 1. The van der Waals surface area contributed by atoms with Crippen LogP contribution in [0.25, 0.3) is 0 Å². The zero-order valence-electron chi connectivity index (χ0n) is 9.82. The molecule has 0 bridgehead atoms. The molecule has 14 heavy (non-hydrogen) atoms. The van der Waals surface area contributed by atoms with Gasteiger partial charge in [-0.25, -0.2) is 0 Å². The average Bonchev–Trinajstić information content (AvgIpc) is 2.02. The van der Waals surface area contributed by atoms with E-state index in [2.05, 4.69) is 9.24 Å². The van der Waals surface area contributed by atoms with E-state index < -0.39 is 17.6 Å². The zero-order valence-corrected chi connectivity index (χ0v) is 12.0. The van der Waals surface area contributed by atoms with Gasteiger partial charge in [-0.05, 0) is 13.3 Å². The van der Waals surface area contributed by atoms with Crippen LogP contribution >= 0.6 is 9.24 Å². The first-order valence-electron chi connectivity index (χ1n) is 4.15. The number of hydrogen-bond donors (Lipinski definition) is 1. The Labute approximate surface area is 110 Å². The van der Waals surface area contributed by atoms with Crippen LogP contribution in [-0.2, 0) is 14.3 Å². The van der Waals surface area contributed by atoms with Crippen LogP contribution in [0.15, 0.2) is 0 Å². The van der Waals surface area contributed by atoms with Crippen molar-refractivity contribution in [2.75, 3.05) is 0 Å². The summed E-state index contributed by atoms with van der Waals surface area (Å²) in [7, 11) is 2.17. The molecular formula is C8H16NaO4P. The number of ether oxygens (including phenoxy) is 1. The first-order valence-corrected chi connectivity index (χ1v) is 4.81. The van der Waals surface area contributed by atoms with Crippen molar-refractivity contribution in [3.63, 3.8) is 0 Å². The van der Waals surface area contributed by atoms with Gasteiger partial charge < -0.3 is 11.3 Å². The van der Waals surface area contributed by atoms with E-state index in [1.165, 1.54) is 0 Å². The van der Waals surface area contributed by atoms with Crippen LogP contribution in [0.5, 0.6) is 0 Å². The van der Waals surface area contributed by atoms with Gasteiger partial charge in [-0.1, -0.05) is 6.92 Å². The molecule has 0 rings (SSSR count). The van der Waals surface area contributed by atoms with Crippen molar-refractivity contribution in [3.8, 4) is 0 Å². The molecule has 0 aromatic carbocycles. The number of carboxylic acids is 1. The van der Waals surface area contributed by atoms with Gasteiger partial charge in [0.15, 0.2) is 0 Å². The number of rotatable bonds is 5. The molecule has 0 amide bonds. The Morgan fingerprint density at radius 2 is 2.07 bits per heavy atom. The van der Waals surface area contributed by atoms with Gasteiger partial charge in [0.1, 0.15) is 0 Å². The summed E-state index contributed by atoms with van der Waals surface area (Å²) in [5.41, 5.74) is -0.647. The van der Waals surface area contributed by atoms with E-state index >= 15 is 0 Å². The molecule has 0 heterocycles. The van der Waals surface area contributed by atoms with Crippen molar-refractivity contribution < 1.29 is 50.4 Å². The number of esters is 1. The molecular weight excluding hydrogens is 214 g/mol. The summed E-state index contributed by atoms with van der Waals surface area (Å²) in [6.45, 7) is 3.67. The molecule has 3 unspecified atom stereocenters. The third kappa shape index (κ3) is 7.74. The van der Waals surface area contributed by atoms with Gasteiger partial charge in [-0.2, -0.15) is 0 Å². The van der Waals surface area contributed by atoms with Crippen molar-refractivity contribution >= 4 is 21.2 Å². The Morgan fingerprint density at radius 1 is 1.57 bits per heavy atom. The molecule has 0 saturated carbocycles. The van der Waals surface area contributed by atoms with E-state index in [0.717, 1.165) is 6.42 Å². The number of carbonyl (C=O) groups excluding carboxylic acids is 1. The minimum absolute atomic E-state index is 0. The van der Waals surface area contributed by atoms with Gasteiger partial charge in [0.2, 0.25) is 0 Å². The van der Waals surface area contributed by atoms with Crippen LogP contribution in [0.2, 0.25) is 0 Å². The van der Waals surface area contributed by atoms with Crippen molar-refractivity contribution in [2.24, 2.45) is 0 Å². The smallest absolute Gasteiger partial charge is 1.00 e. The van der Waals surface area contributed by atoms with E-state index in [1.807, 2.05) is 6.92 Å². The van der Waals surface area contributed by atoms with Gasteiger partial charge >= 0.3 is 41.5 Å². The Hall–Kier alpha value is 0.370. The van der Waals surface area contributed by atoms with Crippen molar-refractivity contribution in [1.82, 2.24) is 0 Å². The standard InChI is InChI=1S/C8H15O4P.Na.H/c1-3-5(2)12-8(11)6(13)4-7(9)10;;/h5-6H,3-4,13H2,1-2H3,(H,9,10);;/q;+1;-1. The fraction of sp³-hybridized carbons (Fsp3) is 0.750. The first-order chi connectivity index (χ1) is 5.97. The molecule has 4 nitrogen and oxygen atoms in total. The van der Waals surface area contributed by atoms with Gasteiger partial charge in [-0.15, -0.1) is 9.24 Å². The molecule has 0 spiro atoms. The summed E-state index contributed by atoms with van der Waals surface area (Å²) in [6.07, 6.45) is 0.375. The first kappa shape index (κ1) is 16.8. The van der Waals surface area contributed by atoms with Crippen LogP contribution in [0, 0.1) is 0 Å². The minimum atomic E-state index is -0.999. The Bertz CT molecular complexity index is 203. The minimum Gasteiger partial charge on any atom is -1.00 e. The third-order valence-electron chi connectivity index (χ3n) is 1.59. The monoisotopic (exact) mass is 230 g/mol. The summed E-state index contributed by atoms with van der Waals surface area (Å²) >= 11 is 0. The molecule has 0 aliphatic heterocycles. The second-order valence-corrected chi connectivity index (χ2v) is 3.66. The van der Waals surface area contributed by atoms with E-state index in [0.29, 0.717) is 0 Å². The zero-order chi connectivity index (χ0) is 10.4. The molecule has 0 saturated heterocycles. The third-order valence-corrected chi connectivity index (χ3v) is 2.10. The number of carboxylic acid groups (broad SMARTS) is 1.